The molecule has 1 amide bonds. The van der Waals surface area contributed by atoms with E-state index in [1.165, 1.54) is 17.5 Å². The molecule has 2 aliphatic rings. The summed E-state index contributed by atoms with van der Waals surface area (Å²) in [6.45, 7) is 2.62. The van der Waals surface area contributed by atoms with E-state index in [2.05, 4.69) is 39.9 Å². The van der Waals surface area contributed by atoms with Gasteiger partial charge >= 0.3 is 0 Å². The van der Waals surface area contributed by atoms with E-state index in [4.69, 9.17) is 4.42 Å². The van der Waals surface area contributed by atoms with Gasteiger partial charge in [-0.3, -0.25) is 4.79 Å². The number of piperidine rings is 1. The number of hydrogen-bond donors (Lipinski definition) is 2. The van der Waals surface area contributed by atoms with Crippen LogP contribution in [0.1, 0.15) is 46.1 Å². The van der Waals surface area contributed by atoms with Crippen molar-refractivity contribution < 1.29 is 9.21 Å². The first kappa shape index (κ1) is 15.4. The quantitative estimate of drug-likeness (QED) is 0.905. The first-order chi connectivity index (χ1) is 11.8. The third kappa shape index (κ3) is 3.08. The lowest BCUT2D eigenvalue weighted by atomic mass is 9.94. The Morgan fingerprint density at radius 2 is 1.92 bits per heavy atom. The molecular formula is C19H23N3O2. The van der Waals surface area contributed by atoms with Crippen molar-refractivity contribution in [1.82, 2.24) is 15.6 Å². The maximum atomic E-state index is 12.5. The fourth-order valence-corrected chi connectivity index (χ4v) is 3.91. The molecule has 4 rings (SSSR count). The number of nitrogens with one attached hydrogen (secondary N) is 2. The van der Waals surface area contributed by atoms with Gasteiger partial charge < -0.3 is 15.1 Å². The lowest BCUT2D eigenvalue weighted by molar-refractivity contribution is 0.0940. The number of rotatable bonds is 4. The topological polar surface area (TPSA) is 67.2 Å². The Kier molecular flexibility index (Phi) is 4.34. The minimum absolute atomic E-state index is 0.103. The molecular weight excluding hydrogens is 302 g/mol. The molecule has 1 aliphatic heterocycles. The highest BCUT2D eigenvalue weighted by atomic mass is 16.3. The Labute approximate surface area is 141 Å². The Morgan fingerprint density at radius 3 is 2.62 bits per heavy atom. The molecule has 1 aromatic heterocycles. The summed E-state index contributed by atoms with van der Waals surface area (Å²) < 4.78 is 5.55. The van der Waals surface area contributed by atoms with E-state index in [0.29, 0.717) is 24.1 Å². The predicted molar refractivity (Wildman–Crippen MR) is 91.0 cm³/mol. The van der Waals surface area contributed by atoms with Crippen molar-refractivity contribution >= 4 is 5.91 Å². The van der Waals surface area contributed by atoms with Gasteiger partial charge in [-0.1, -0.05) is 24.3 Å². The summed E-state index contributed by atoms with van der Waals surface area (Å²) in [6.07, 6.45) is 5.46. The molecule has 5 heteroatoms. The van der Waals surface area contributed by atoms with Crippen LogP contribution >= 0.6 is 0 Å². The van der Waals surface area contributed by atoms with E-state index in [-0.39, 0.29) is 5.91 Å². The number of carbonyl (C=O) groups is 1. The lowest BCUT2D eigenvalue weighted by Gasteiger charge is -2.21. The van der Waals surface area contributed by atoms with E-state index >= 15 is 0 Å². The number of nitrogens with zero attached hydrogens (tertiary/aromatic N) is 1. The predicted octanol–water partition coefficient (Wildman–Crippen LogP) is 2.29. The van der Waals surface area contributed by atoms with E-state index in [0.717, 1.165) is 44.5 Å². The maximum absolute atomic E-state index is 12.5. The zero-order valence-corrected chi connectivity index (χ0v) is 13.8. The average Bonchev–Trinajstić information content (AvgIpc) is 3.27. The van der Waals surface area contributed by atoms with Crippen LogP contribution in [-0.2, 0) is 12.8 Å². The summed E-state index contributed by atoms with van der Waals surface area (Å²) in [5.41, 5.74) is 3.29. The third-order valence-corrected chi connectivity index (χ3v) is 5.21. The Morgan fingerprint density at radius 1 is 1.21 bits per heavy atom. The molecule has 1 fully saturated rings. The van der Waals surface area contributed by atoms with Crippen molar-refractivity contribution in [2.24, 2.45) is 5.92 Å². The zero-order valence-electron chi connectivity index (χ0n) is 13.8. The Hall–Kier alpha value is -2.14. The second-order valence-electron chi connectivity index (χ2n) is 6.84. The lowest BCUT2D eigenvalue weighted by Crippen LogP contribution is -2.32. The molecule has 1 aromatic carbocycles. The van der Waals surface area contributed by atoms with Gasteiger partial charge in [0.05, 0.1) is 0 Å². The number of oxazole rings is 1. The molecule has 5 nitrogen and oxygen atoms in total. The van der Waals surface area contributed by atoms with Crippen LogP contribution in [0.25, 0.3) is 0 Å². The molecule has 126 valence electrons. The SMILES string of the molecule is O=C(NCC1Cc2ccccc2C1)c1ncoc1C1CCNCC1. The zero-order chi connectivity index (χ0) is 16.4. The number of aromatic nitrogens is 1. The average molecular weight is 325 g/mol. The van der Waals surface area contributed by atoms with Crippen LogP contribution in [0.2, 0.25) is 0 Å². The molecule has 0 spiro atoms. The van der Waals surface area contributed by atoms with Gasteiger partial charge in [-0.25, -0.2) is 4.98 Å². The number of benzene rings is 1. The van der Waals surface area contributed by atoms with Crippen molar-refractivity contribution in [3.05, 3.63) is 53.2 Å². The molecule has 1 aliphatic carbocycles. The smallest absolute Gasteiger partial charge is 0.273 e. The summed E-state index contributed by atoms with van der Waals surface area (Å²) in [5.74, 6) is 1.42. The Bertz CT molecular complexity index is 694. The van der Waals surface area contributed by atoms with Gasteiger partial charge in [-0.05, 0) is 55.8 Å². The molecule has 0 saturated carbocycles. The number of amides is 1. The Balaban J connectivity index is 1.37. The van der Waals surface area contributed by atoms with Gasteiger partial charge in [-0.2, -0.15) is 0 Å². The monoisotopic (exact) mass is 325 g/mol. The molecule has 0 atom stereocenters. The molecule has 2 heterocycles. The minimum atomic E-state index is -0.103. The van der Waals surface area contributed by atoms with Gasteiger partial charge in [0.1, 0.15) is 5.76 Å². The fourth-order valence-electron chi connectivity index (χ4n) is 3.91. The largest absolute Gasteiger partial charge is 0.447 e. The summed E-state index contributed by atoms with van der Waals surface area (Å²) >= 11 is 0. The van der Waals surface area contributed by atoms with Crippen LogP contribution in [-0.4, -0.2) is 30.5 Å². The van der Waals surface area contributed by atoms with E-state index in [1.807, 2.05) is 0 Å². The van der Waals surface area contributed by atoms with Crippen LogP contribution in [0, 0.1) is 5.92 Å². The second kappa shape index (κ2) is 6.77. The number of hydrogen-bond acceptors (Lipinski definition) is 4. The van der Waals surface area contributed by atoms with Crippen LogP contribution in [0.3, 0.4) is 0 Å². The van der Waals surface area contributed by atoms with Crippen LogP contribution in [0.15, 0.2) is 35.1 Å². The summed E-state index contributed by atoms with van der Waals surface area (Å²) in [7, 11) is 0. The van der Waals surface area contributed by atoms with Crippen molar-refractivity contribution in [2.75, 3.05) is 19.6 Å². The molecule has 1 saturated heterocycles. The highest BCUT2D eigenvalue weighted by molar-refractivity contribution is 5.93. The highest BCUT2D eigenvalue weighted by Gasteiger charge is 2.27. The highest BCUT2D eigenvalue weighted by Crippen LogP contribution is 2.28. The summed E-state index contributed by atoms with van der Waals surface area (Å²) in [4.78, 5) is 16.7. The van der Waals surface area contributed by atoms with Gasteiger partial charge in [0.25, 0.3) is 5.91 Å². The van der Waals surface area contributed by atoms with Crippen LogP contribution in [0.5, 0.6) is 0 Å². The van der Waals surface area contributed by atoms with Crippen molar-refractivity contribution in [2.45, 2.75) is 31.6 Å². The molecule has 2 N–H and O–H groups in total. The summed E-state index contributed by atoms with van der Waals surface area (Å²) in [6, 6.07) is 8.54. The van der Waals surface area contributed by atoms with Crippen molar-refractivity contribution in [3.63, 3.8) is 0 Å². The number of fused-ring (bicyclic) bond motifs is 1. The minimum Gasteiger partial charge on any atom is -0.447 e. The molecule has 0 bridgehead atoms. The second-order valence-corrected chi connectivity index (χ2v) is 6.84. The van der Waals surface area contributed by atoms with Crippen LogP contribution < -0.4 is 10.6 Å². The normalized spacial score (nSPS) is 18.5. The van der Waals surface area contributed by atoms with Crippen LogP contribution in [0.4, 0.5) is 0 Å². The first-order valence-corrected chi connectivity index (χ1v) is 8.80. The maximum Gasteiger partial charge on any atom is 0.273 e. The molecule has 0 radical (unpaired) electrons. The van der Waals surface area contributed by atoms with Gasteiger partial charge in [-0.15, -0.1) is 0 Å². The van der Waals surface area contributed by atoms with Gasteiger partial charge in [0, 0.05) is 12.5 Å². The fraction of sp³-hybridized carbons (Fsp3) is 0.474. The standard InChI is InChI=1S/C19H23N3O2/c23-19(17-18(24-12-22-17)14-5-7-20-8-6-14)21-11-13-9-15-3-1-2-4-16(15)10-13/h1-4,12-14,20H,5-11H2,(H,21,23). The molecule has 0 unspecified atom stereocenters. The first-order valence-electron chi connectivity index (χ1n) is 8.80. The summed E-state index contributed by atoms with van der Waals surface area (Å²) in [5, 5.41) is 6.40. The number of carbonyl (C=O) groups excluding carboxylic acids is 1. The van der Waals surface area contributed by atoms with E-state index in [1.54, 1.807) is 0 Å². The molecule has 2 aromatic rings. The van der Waals surface area contributed by atoms with E-state index < -0.39 is 0 Å². The van der Waals surface area contributed by atoms with Crippen molar-refractivity contribution in [1.29, 1.82) is 0 Å². The van der Waals surface area contributed by atoms with Crippen molar-refractivity contribution in [3.8, 4) is 0 Å². The van der Waals surface area contributed by atoms with E-state index in [9.17, 15) is 4.79 Å². The van der Waals surface area contributed by atoms with Gasteiger partial charge in [0.15, 0.2) is 12.1 Å². The van der Waals surface area contributed by atoms with Gasteiger partial charge in [0.2, 0.25) is 0 Å². The molecule has 24 heavy (non-hydrogen) atoms. The third-order valence-electron chi connectivity index (χ3n) is 5.21.